The first-order valence-corrected chi connectivity index (χ1v) is 6.11. The normalized spacial score (nSPS) is 12.8. The Hall–Kier alpha value is 0.110. The average Bonchev–Trinajstić information content (AvgIpc) is 1.85. The van der Waals surface area contributed by atoms with Gasteiger partial charge in [0.1, 0.15) is 0 Å². The van der Waals surface area contributed by atoms with Crippen LogP contribution in [0.5, 0.6) is 0 Å². The molecule has 0 amide bonds. The van der Waals surface area contributed by atoms with Gasteiger partial charge in [0, 0.05) is 30.0 Å². The summed E-state index contributed by atoms with van der Waals surface area (Å²) < 4.78 is 14.3. The van der Waals surface area contributed by atoms with Crippen LogP contribution in [0.1, 0.15) is 19.8 Å². The van der Waals surface area contributed by atoms with Crippen LogP contribution < -0.4 is 0 Å². The maximum Gasteiger partial charge on any atom is 0.0360 e. The van der Waals surface area contributed by atoms with Gasteiger partial charge in [0.2, 0.25) is 0 Å². The molecule has 0 unspecified atom stereocenters. The van der Waals surface area contributed by atoms with Crippen LogP contribution in [0.2, 0.25) is 0 Å². The van der Waals surface area contributed by atoms with Crippen molar-refractivity contribution in [2.24, 2.45) is 0 Å². The van der Waals surface area contributed by atoms with Crippen molar-refractivity contribution in [3.05, 3.63) is 12.3 Å². The third kappa shape index (κ3) is 3.87. The molecule has 1 nitrogen and oxygen atoms in total. The highest BCUT2D eigenvalue weighted by molar-refractivity contribution is 8.27. The molecule has 0 saturated carbocycles. The fraction of sp³-hybridized carbons (Fsp3) is 0.714. The van der Waals surface area contributed by atoms with Crippen molar-refractivity contribution < 1.29 is 3.89 Å². The van der Waals surface area contributed by atoms with Crippen LogP contribution in [0.25, 0.3) is 0 Å². The molecule has 0 heterocycles. The predicted molar refractivity (Wildman–Crippen MR) is 52.3 cm³/mol. The van der Waals surface area contributed by atoms with Gasteiger partial charge < -0.3 is 0 Å². The van der Waals surface area contributed by atoms with E-state index in [-0.39, 0.29) is 0 Å². The molecule has 0 rings (SSSR count). The van der Waals surface area contributed by atoms with E-state index in [4.69, 9.17) is 11.8 Å². The highest BCUT2D eigenvalue weighted by Gasteiger charge is 2.19. The summed E-state index contributed by atoms with van der Waals surface area (Å²) in [4.78, 5) is 0. The molecule has 0 aliphatic heterocycles. The van der Waals surface area contributed by atoms with Crippen LogP contribution in [0.4, 0.5) is 3.89 Å². The average molecular weight is 200 g/mol. The van der Waals surface area contributed by atoms with Gasteiger partial charge in [-0.15, -0.1) is 0 Å². The minimum Gasteiger partial charge on any atom is -0.225 e. The summed E-state index contributed by atoms with van der Waals surface area (Å²) in [5.41, 5.74) is 0.664. The Labute approximate surface area is 75.1 Å². The van der Waals surface area contributed by atoms with Crippen LogP contribution in [-0.2, 0) is 0 Å². The standard InChI is InChI=1S/C7H15ClFNS/c1-5-6-7(2)10(8)11(3,4)9/h2,5-6H2,1,3-4H3. The van der Waals surface area contributed by atoms with Crippen LogP contribution in [0.15, 0.2) is 12.3 Å². The van der Waals surface area contributed by atoms with E-state index < -0.39 is 10.6 Å². The van der Waals surface area contributed by atoms with Gasteiger partial charge in [-0.05, 0) is 17.0 Å². The van der Waals surface area contributed by atoms with Crippen molar-refractivity contribution >= 4 is 22.4 Å². The van der Waals surface area contributed by atoms with E-state index in [1.165, 1.54) is 12.5 Å². The molecule has 68 valence electrons. The second kappa shape index (κ2) is 4.21. The number of rotatable bonds is 4. The van der Waals surface area contributed by atoms with Crippen molar-refractivity contribution in [3.63, 3.8) is 0 Å². The molecule has 0 aromatic carbocycles. The third-order valence-corrected chi connectivity index (χ3v) is 3.41. The lowest BCUT2D eigenvalue weighted by molar-refractivity contribution is 0.717. The molecular weight excluding hydrogens is 185 g/mol. The van der Waals surface area contributed by atoms with Crippen LogP contribution in [0.3, 0.4) is 0 Å². The number of halogens is 2. The van der Waals surface area contributed by atoms with E-state index in [0.29, 0.717) is 5.70 Å². The Bertz CT molecular complexity index is 144. The topological polar surface area (TPSA) is 3.24 Å². The highest BCUT2D eigenvalue weighted by Crippen LogP contribution is 2.50. The fourth-order valence-corrected chi connectivity index (χ4v) is 1.47. The van der Waals surface area contributed by atoms with Crippen molar-refractivity contribution in [2.45, 2.75) is 19.8 Å². The largest absolute Gasteiger partial charge is 0.225 e. The maximum absolute atomic E-state index is 13.2. The van der Waals surface area contributed by atoms with Crippen LogP contribution in [-0.4, -0.2) is 16.3 Å². The monoisotopic (exact) mass is 199 g/mol. The predicted octanol–water partition coefficient (Wildman–Crippen LogP) is 3.62. The zero-order valence-corrected chi connectivity index (χ0v) is 8.81. The summed E-state index contributed by atoms with van der Waals surface area (Å²) in [7, 11) is -2.33. The summed E-state index contributed by atoms with van der Waals surface area (Å²) in [6, 6.07) is 0. The van der Waals surface area contributed by atoms with Crippen LogP contribution >= 0.6 is 22.4 Å². The van der Waals surface area contributed by atoms with Gasteiger partial charge in [0.05, 0.1) is 0 Å². The molecule has 11 heavy (non-hydrogen) atoms. The molecule has 0 aromatic heterocycles. The second-order valence-electron chi connectivity index (χ2n) is 2.71. The summed E-state index contributed by atoms with van der Waals surface area (Å²) >= 11 is 5.68. The quantitative estimate of drug-likeness (QED) is 0.626. The lowest BCUT2D eigenvalue weighted by Crippen LogP contribution is -2.11. The number of allylic oxidation sites excluding steroid dienone is 1. The summed E-state index contributed by atoms with van der Waals surface area (Å²) in [6.07, 6.45) is 4.67. The Morgan fingerprint density at radius 3 is 2.36 bits per heavy atom. The maximum atomic E-state index is 13.2. The van der Waals surface area contributed by atoms with Crippen LogP contribution in [0, 0.1) is 0 Å². The first-order chi connectivity index (χ1) is 4.89. The Morgan fingerprint density at radius 1 is 1.64 bits per heavy atom. The van der Waals surface area contributed by atoms with Gasteiger partial charge in [0.25, 0.3) is 0 Å². The SMILES string of the molecule is C=C(CCC)N(Cl)S(C)(C)F. The van der Waals surface area contributed by atoms with Crippen molar-refractivity contribution in [2.75, 3.05) is 12.5 Å². The lowest BCUT2D eigenvalue weighted by Gasteiger charge is -2.31. The van der Waals surface area contributed by atoms with Crippen molar-refractivity contribution in [1.29, 1.82) is 0 Å². The van der Waals surface area contributed by atoms with Crippen molar-refractivity contribution in [3.8, 4) is 0 Å². The van der Waals surface area contributed by atoms with E-state index in [1.807, 2.05) is 6.92 Å². The molecular formula is C7H15ClFNS. The molecule has 0 aliphatic carbocycles. The van der Waals surface area contributed by atoms with Gasteiger partial charge in [-0.25, -0.2) is 3.82 Å². The Balaban J connectivity index is 4.03. The molecule has 0 aromatic rings. The van der Waals surface area contributed by atoms with Gasteiger partial charge in [0.15, 0.2) is 0 Å². The molecule has 0 saturated heterocycles. The number of nitrogens with zero attached hydrogens (tertiary/aromatic N) is 1. The minimum atomic E-state index is -2.33. The first-order valence-electron chi connectivity index (χ1n) is 3.46. The van der Waals surface area contributed by atoms with Gasteiger partial charge in [-0.3, -0.25) is 0 Å². The summed E-state index contributed by atoms with van der Waals surface area (Å²) in [6.45, 7) is 5.70. The molecule has 0 spiro atoms. The summed E-state index contributed by atoms with van der Waals surface area (Å²) in [5, 5.41) is 0. The highest BCUT2D eigenvalue weighted by atomic mass is 35.5. The fourth-order valence-electron chi connectivity index (χ4n) is 0.683. The molecule has 0 radical (unpaired) electrons. The zero-order chi connectivity index (χ0) is 9.07. The van der Waals surface area contributed by atoms with Gasteiger partial charge in [-0.2, -0.15) is 3.89 Å². The third-order valence-electron chi connectivity index (χ3n) is 1.17. The number of hydrogen-bond donors (Lipinski definition) is 0. The smallest absolute Gasteiger partial charge is 0.0360 e. The van der Waals surface area contributed by atoms with E-state index in [2.05, 4.69) is 6.58 Å². The number of hydrogen-bond acceptors (Lipinski definition) is 1. The molecule has 0 atom stereocenters. The minimum absolute atomic E-state index is 0.664. The zero-order valence-electron chi connectivity index (χ0n) is 7.23. The first kappa shape index (κ1) is 11.1. The second-order valence-corrected chi connectivity index (χ2v) is 5.92. The Morgan fingerprint density at radius 2 is 2.09 bits per heavy atom. The van der Waals surface area contributed by atoms with E-state index >= 15 is 0 Å². The van der Waals surface area contributed by atoms with E-state index in [1.54, 1.807) is 0 Å². The molecule has 4 heteroatoms. The summed E-state index contributed by atoms with van der Waals surface area (Å²) in [5.74, 6) is 0. The van der Waals surface area contributed by atoms with Gasteiger partial charge in [-0.1, -0.05) is 19.9 Å². The molecule has 0 bridgehead atoms. The van der Waals surface area contributed by atoms with E-state index in [9.17, 15) is 3.89 Å². The van der Waals surface area contributed by atoms with Gasteiger partial charge >= 0.3 is 0 Å². The molecule has 0 fully saturated rings. The van der Waals surface area contributed by atoms with Crippen molar-refractivity contribution in [1.82, 2.24) is 3.82 Å². The van der Waals surface area contributed by atoms with E-state index in [0.717, 1.165) is 16.7 Å². The molecule has 0 aliphatic rings. The Kier molecular flexibility index (Phi) is 4.26. The lowest BCUT2D eigenvalue weighted by atomic mass is 10.3. The molecule has 0 N–H and O–H groups in total.